The fourth-order valence-corrected chi connectivity index (χ4v) is 2.86. The van der Waals surface area contributed by atoms with E-state index in [1.165, 1.54) is 0 Å². The highest BCUT2D eigenvalue weighted by Crippen LogP contribution is 2.24. The molecule has 118 valence electrons. The number of carbonyl (C=O) groups is 1. The van der Waals surface area contributed by atoms with Crippen LogP contribution in [0.4, 0.5) is 0 Å². The van der Waals surface area contributed by atoms with Crippen LogP contribution < -0.4 is 0 Å². The van der Waals surface area contributed by atoms with E-state index in [-0.39, 0.29) is 24.1 Å². The molecule has 1 fully saturated rings. The lowest BCUT2D eigenvalue weighted by Gasteiger charge is -2.14. The van der Waals surface area contributed by atoms with Gasteiger partial charge in [-0.2, -0.15) is 0 Å². The molecule has 22 heavy (non-hydrogen) atoms. The molecule has 0 saturated carbocycles. The van der Waals surface area contributed by atoms with Gasteiger partial charge >= 0.3 is 0 Å². The predicted molar refractivity (Wildman–Crippen MR) is 76.3 cm³/mol. The van der Waals surface area contributed by atoms with Crippen molar-refractivity contribution in [3.63, 3.8) is 0 Å². The molecule has 0 unspecified atom stereocenters. The van der Waals surface area contributed by atoms with Gasteiger partial charge in [-0.3, -0.25) is 4.79 Å². The second-order valence-electron chi connectivity index (χ2n) is 5.82. The summed E-state index contributed by atoms with van der Waals surface area (Å²) in [6.45, 7) is 6.04. The maximum atomic E-state index is 12.5. The van der Waals surface area contributed by atoms with Crippen molar-refractivity contribution in [1.82, 2.24) is 15.0 Å². The van der Waals surface area contributed by atoms with Crippen molar-refractivity contribution in [2.75, 3.05) is 13.1 Å². The molecular formula is C15H19N3O4. The number of hydrogen-bond donors (Lipinski definition) is 1. The first-order valence-corrected chi connectivity index (χ1v) is 7.27. The van der Waals surface area contributed by atoms with E-state index in [1.54, 1.807) is 18.7 Å². The zero-order valence-electron chi connectivity index (χ0n) is 12.9. The van der Waals surface area contributed by atoms with Crippen LogP contribution in [0.3, 0.4) is 0 Å². The summed E-state index contributed by atoms with van der Waals surface area (Å²) in [5.41, 5.74) is 1.38. The molecule has 3 heterocycles. The second-order valence-corrected chi connectivity index (χ2v) is 5.82. The first-order chi connectivity index (χ1) is 10.4. The Kier molecular flexibility index (Phi) is 3.74. The average molecular weight is 305 g/mol. The first-order valence-electron chi connectivity index (χ1n) is 7.27. The molecule has 0 radical (unpaired) electrons. The van der Waals surface area contributed by atoms with Crippen LogP contribution >= 0.6 is 0 Å². The lowest BCUT2D eigenvalue weighted by atomic mass is 10.0. The zero-order chi connectivity index (χ0) is 15.9. The zero-order valence-corrected chi connectivity index (χ0v) is 12.9. The standard InChI is InChI=1S/C15H19N3O4/c1-8-4-12(22-17-8)5-11-6-18(7-13(11)19)15(20)14-9(2)16-10(3)21-14/h4,11,13,19H,5-7H2,1-3H3/t11-,13-/m1/s1. The number of amides is 1. The third kappa shape index (κ3) is 2.76. The van der Waals surface area contributed by atoms with Crippen molar-refractivity contribution in [1.29, 1.82) is 0 Å². The molecule has 1 amide bonds. The molecule has 0 spiro atoms. The van der Waals surface area contributed by atoms with Crippen molar-refractivity contribution in [3.8, 4) is 0 Å². The monoisotopic (exact) mass is 305 g/mol. The molecule has 1 saturated heterocycles. The highest BCUT2D eigenvalue weighted by molar-refractivity contribution is 5.92. The Morgan fingerprint density at radius 1 is 1.41 bits per heavy atom. The molecule has 7 nitrogen and oxygen atoms in total. The van der Waals surface area contributed by atoms with Crippen molar-refractivity contribution in [3.05, 3.63) is 34.9 Å². The van der Waals surface area contributed by atoms with Gasteiger partial charge in [0.2, 0.25) is 5.76 Å². The van der Waals surface area contributed by atoms with Gasteiger partial charge in [-0.05, 0) is 13.8 Å². The third-order valence-corrected chi connectivity index (χ3v) is 3.93. The van der Waals surface area contributed by atoms with E-state index in [1.807, 2.05) is 13.0 Å². The SMILES string of the molecule is Cc1cc(C[C@@H]2CN(C(=O)c3oc(C)nc3C)C[C@H]2O)on1. The lowest BCUT2D eigenvalue weighted by Crippen LogP contribution is -2.29. The quantitative estimate of drug-likeness (QED) is 0.918. The van der Waals surface area contributed by atoms with Crippen molar-refractivity contribution in [2.45, 2.75) is 33.3 Å². The van der Waals surface area contributed by atoms with Crippen LogP contribution in [-0.4, -0.2) is 45.2 Å². The highest BCUT2D eigenvalue weighted by atomic mass is 16.5. The van der Waals surface area contributed by atoms with Gasteiger partial charge in [0, 0.05) is 38.4 Å². The fraction of sp³-hybridized carbons (Fsp3) is 0.533. The minimum Gasteiger partial charge on any atom is -0.436 e. The van der Waals surface area contributed by atoms with Gasteiger partial charge in [0.05, 0.1) is 17.5 Å². The van der Waals surface area contributed by atoms with Gasteiger partial charge in [-0.1, -0.05) is 5.16 Å². The number of aryl methyl sites for hydroxylation is 3. The Bertz CT molecular complexity index is 691. The highest BCUT2D eigenvalue weighted by Gasteiger charge is 2.36. The summed E-state index contributed by atoms with van der Waals surface area (Å²) in [6, 6.07) is 1.85. The summed E-state index contributed by atoms with van der Waals surface area (Å²) in [5, 5.41) is 14.0. The van der Waals surface area contributed by atoms with E-state index < -0.39 is 6.10 Å². The Labute approximate surface area is 127 Å². The number of aliphatic hydroxyl groups is 1. The molecule has 1 aliphatic rings. The minimum atomic E-state index is -0.585. The number of hydrogen-bond acceptors (Lipinski definition) is 6. The third-order valence-electron chi connectivity index (χ3n) is 3.93. The number of oxazole rings is 1. The van der Waals surface area contributed by atoms with Crippen molar-refractivity contribution in [2.24, 2.45) is 5.92 Å². The maximum absolute atomic E-state index is 12.5. The van der Waals surface area contributed by atoms with E-state index in [9.17, 15) is 9.90 Å². The lowest BCUT2D eigenvalue weighted by molar-refractivity contribution is 0.0731. The number of rotatable bonds is 3. The van der Waals surface area contributed by atoms with Gasteiger partial charge in [0.1, 0.15) is 5.76 Å². The molecule has 0 bridgehead atoms. The molecule has 1 N–H and O–H groups in total. The summed E-state index contributed by atoms with van der Waals surface area (Å²) >= 11 is 0. The maximum Gasteiger partial charge on any atom is 0.291 e. The molecule has 2 aromatic heterocycles. The molecule has 0 aromatic carbocycles. The van der Waals surface area contributed by atoms with Crippen LogP contribution in [0, 0.1) is 26.7 Å². The largest absolute Gasteiger partial charge is 0.436 e. The summed E-state index contributed by atoms with van der Waals surface area (Å²) in [5.74, 6) is 1.15. The van der Waals surface area contributed by atoms with Gasteiger partial charge in [0.15, 0.2) is 5.89 Å². The van der Waals surface area contributed by atoms with E-state index in [0.717, 1.165) is 11.5 Å². The number of aromatic nitrogens is 2. The molecule has 2 aromatic rings. The van der Waals surface area contributed by atoms with E-state index in [4.69, 9.17) is 8.94 Å². The smallest absolute Gasteiger partial charge is 0.291 e. The Balaban J connectivity index is 1.70. The fourth-order valence-electron chi connectivity index (χ4n) is 2.86. The average Bonchev–Trinajstić information content (AvgIpc) is 3.11. The number of likely N-dealkylation sites (tertiary alicyclic amines) is 1. The Morgan fingerprint density at radius 2 is 2.18 bits per heavy atom. The summed E-state index contributed by atoms with van der Waals surface area (Å²) in [4.78, 5) is 18.2. The van der Waals surface area contributed by atoms with Gasteiger partial charge in [-0.25, -0.2) is 4.98 Å². The molecule has 0 aliphatic carbocycles. The van der Waals surface area contributed by atoms with Gasteiger partial charge < -0.3 is 18.9 Å². The Hall–Kier alpha value is -2.15. The summed E-state index contributed by atoms with van der Waals surface area (Å²) in [6.07, 6.45) is -0.0288. The summed E-state index contributed by atoms with van der Waals surface area (Å²) < 4.78 is 10.6. The minimum absolute atomic E-state index is 0.0689. The number of nitrogens with zero attached hydrogens (tertiary/aromatic N) is 3. The molecule has 2 atom stereocenters. The normalized spacial score (nSPS) is 21.5. The van der Waals surface area contributed by atoms with Crippen LogP contribution in [0.5, 0.6) is 0 Å². The van der Waals surface area contributed by atoms with E-state index >= 15 is 0 Å². The predicted octanol–water partition coefficient (Wildman–Crippen LogP) is 1.26. The number of carbonyl (C=O) groups excluding carboxylic acids is 1. The van der Waals surface area contributed by atoms with Crippen LogP contribution in [-0.2, 0) is 6.42 Å². The number of aliphatic hydroxyl groups excluding tert-OH is 1. The number of β-amino-alcohol motifs (C(OH)–C–C–N with tert-alkyl or cyclic N) is 1. The van der Waals surface area contributed by atoms with Gasteiger partial charge in [0.25, 0.3) is 5.91 Å². The van der Waals surface area contributed by atoms with Crippen molar-refractivity contribution >= 4 is 5.91 Å². The topological polar surface area (TPSA) is 92.6 Å². The molecule has 7 heteroatoms. The van der Waals surface area contributed by atoms with Gasteiger partial charge in [-0.15, -0.1) is 0 Å². The Morgan fingerprint density at radius 3 is 2.77 bits per heavy atom. The van der Waals surface area contributed by atoms with Crippen LogP contribution in [0.2, 0.25) is 0 Å². The van der Waals surface area contributed by atoms with Crippen LogP contribution in [0.15, 0.2) is 15.0 Å². The second kappa shape index (κ2) is 5.57. The first kappa shape index (κ1) is 14.8. The van der Waals surface area contributed by atoms with Crippen molar-refractivity contribution < 1.29 is 18.8 Å². The summed E-state index contributed by atoms with van der Waals surface area (Å²) in [7, 11) is 0. The molecule has 1 aliphatic heterocycles. The van der Waals surface area contributed by atoms with E-state index in [0.29, 0.717) is 24.6 Å². The van der Waals surface area contributed by atoms with Crippen LogP contribution in [0.1, 0.15) is 33.6 Å². The molecular weight excluding hydrogens is 286 g/mol. The van der Waals surface area contributed by atoms with Crippen LogP contribution in [0.25, 0.3) is 0 Å². The molecule has 3 rings (SSSR count). The van der Waals surface area contributed by atoms with E-state index in [2.05, 4.69) is 10.1 Å².